The highest BCUT2D eigenvalue weighted by atomic mass is 35.5. The Labute approximate surface area is 144 Å². The minimum Gasteiger partial charge on any atom is -0.375 e. The van der Waals surface area contributed by atoms with Crippen molar-refractivity contribution in [3.63, 3.8) is 0 Å². The molecule has 24 heavy (non-hydrogen) atoms. The van der Waals surface area contributed by atoms with Gasteiger partial charge in [-0.1, -0.05) is 35.7 Å². The first-order chi connectivity index (χ1) is 11.5. The molecule has 2 aromatic rings. The number of ketones is 1. The van der Waals surface area contributed by atoms with Gasteiger partial charge in [0.1, 0.15) is 0 Å². The summed E-state index contributed by atoms with van der Waals surface area (Å²) in [4.78, 5) is 26.5. The molecule has 0 bridgehead atoms. The Bertz CT molecular complexity index is 854. The lowest BCUT2D eigenvalue weighted by Gasteiger charge is -2.21. The van der Waals surface area contributed by atoms with Crippen molar-refractivity contribution in [3.8, 4) is 12.3 Å². The number of para-hydroxylation sites is 1. The maximum absolute atomic E-state index is 12.7. The minimum atomic E-state index is -1.91. The fraction of sp³-hybridized carbons (Fsp3) is 0.158. The van der Waals surface area contributed by atoms with Crippen LogP contribution in [0.15, 0.2) is 48.5 Å². The zero-order chi connectivity index (χ0) is 17.3. The molecule has 0 aliphatic carbocycles. The van der Waals surface area contributed by atoms with Gasteiger partial charge in [-0.15, -0.1) is 6.42 Å². The van der Waals surface area contributed by atoms with Crippen molar-refractivity contribution in [2.24, 2.45) is 0 Å². The molecule has 0 aromatic heterocycles. The molecular weight excluding hydrogens is 326 g/mol. The molecule has 1 heterocycles. The fourth-order valence-electron chi connectivity index (χ4n) is 2.90. The van der Waals surface area contributed by atoms with Gasteiger partial charge in [0.15, 0.2) is 11.4 Å². The number of Topliss-reactive ketones (excluding diaryl/α,β-unsaturated/α-hetero) is 1. The average molecular weight is 340 g/mol. The standard InChI is InChI=1S/C19H14ClNO3/c1-2-11-21-16-6-4-3-5-15(16)19(24,18(21)23)12-17(22)13-7-9-14(20)10-8-13/h1,3-10,24H,11-12H2. The maximum Gasteiger partial charge on any atom is 0.265 e. The van der Waals surface area contributed by atoms with E-state index in [0.29, 0.717) is 21.8 Å². The third-order valence-corrected chi connectivity index (χ3v) is 4.32. The van der Waals surface area contributed by atoms with Gasteiger partial charge in [-0.05, 0) is 30.3 Å². The van der Waals surface area contributed by atoms with Crippen LogP contribution in [0, 0.1) is 12.3 Å². The molecule has 0 saturated carbocycles. The molecule has 2 aromatic carbocycles. The quantitative estimate of drug-likeness (QED) is 0.688. The van der Waals surface area contributed by atoms with E-state index in [0.717, 1.165) is 0 Å². The summed E-state index contributed by atoms with van der Waals surface area (Å²) in [5.74, 6) is 1.48. The van der Waals surface area contributed by atoms with E-state index >= 15 is 0 Å². The number of amides is 1. The van der Waals surface area contributed by atoms with E-state index in [2.05, 4.69) is 5.92 Å². The maximum atomic E-state index is 12.7. The topological polar surface area (TPSA) is 57.6 Å². The van der Waals surface area contributed by atoms with Crippen LogP contribution in [0.2, 0.25) is 5.02 Å². The van der Waals surface area contributed by atoms with Crippen LogP contribution >= 0.6 is 11.6 Å². The Morgan fingerprint density at radius 1 is 1.21 bits per heavy atom. The van der Waals surface area contributed by atoms with Crippen molar-refractivity contribution in [3.05, 3.63) is 64.7 Å². The van der Waals surface area contributed by atoms with Gasteiger partial charge in [-0.2, -0.15) is 0 Å². The number of nitrogens with zero attached hydrogens (tertiary/aromatic N) is 1. The minimum absolute atomic E-state index is 0.0350. The number of aliphatic hydroxyl groups is 1. The summed E-state index contributed by atoms with van der Waals surface area (Å²) >= 11 is 5.82. The van der Waals surface area contributed by atoms with E-state index in [1.807, 2.05) is 0 Å². The molecule has 1 unspecified atom stereocenters. The molecule has 0 saturated heterocycles. The SMILES string of the molecule is C#CCN1C(=O)C(O)(CC(=O)c2ccc(Cl)cc2)c2ccccc21. The van der Waals surface area contributed by atoms with Gasteiger partial charge in [-0.3, -0.25) is 14.5 Å². The first-order valence-corrected chi connectivity index (χ1v) is 7.71. The van der Waals surface area contributed by atoms with Crippen molar-refractivity contribution in [2.45, 2.75) is 12.0 Å². The number of anilines is 1. The van der Waals surface area contributed by atoms with Gasteiger partial charge in [0, 0.05) is 16.1 Å². The Balaban J connectivity index is 1.97. The molecule has 1 aliphatic heterocycles. The van der Waals surface area contributed by atoms with Gasteiger partial charge in [0.25, 0.3) is 5.91 Å². The molecule has 120 valence electrons. The van der Waals surface area contributed by atoms with E-state index < -0.39 is 11.5 Å². The van der Waals surface area contributed by atoms with Crippen molar-refractivity contribution in [1.82, 2.24) is 0 Å². The van der Waals surface area contributed by atoms with Gasteiger partial charge >= 0.3 is 0 Å². The zero-order valence-electron chi connectivity index (χ0n) is 12.7. The second kappa shape index (κ2) is 6.12. The van der Waals surface area contributed by atoms with Crippen molar-refractivity contribution in [2.75, 3.05) is 11.4 Å². The number of hydrogen-bond donors (Lipinski definition) is 1. The first-order valence-electron chi connectivity index (χ1n) is 7.33. The molecule has 0 radical (unpaired) electrons. The molecular formula is C19H14ClNO3. The number of benzene rings is 2. The lowest BCUT2D eigenvalue weighted by atomic mass is 9.88. The molecule has 0 fully saturated rings. The molecule has 3 rings (SSSR count). The van der Waals surface area contributed by atoms with Gasteiger partial charge in [0.05, 0.1) is 18.7 Å². The van der Waals surface area contributed by atoms with Crippen LogP contribution in [-0.2, 0) is 10.4 Å². The normalized spacial score (nSPS) is 19.0. The largest absolute Gasteiger partial charge is 0.375 e. The highest BCUT2D eigenvalue weighted by molar-refractivity contribution is 6.30. The summed E-state index contributed by atoms with van der Waals surface area (Å²) in [5, 5.41) is 11.5. The zero-order valence-corrected chi connectivity index (χ0v) is 13.5. The number of halogens is 1. The van der Waals surface area contributed by atoms with Crippen LogP contribution in [0.4, 0.5) is 5.69 Å². The summed E-state index contributed by atoms with van der Waals surface area (Å²) in [6, 6.07) is 13.1. The molecule has 5 heteroatoms. The number of terminal acetylenes is 1. The van der Waals surface area contributed by atoms with Gasteiger partial charge < -0.3 is 5.11 Å². The summed E-state index contributed by atoms with van der Waals surface area (Å²) in [7, 11) is 0. The Morgan fingerprint density at radius 3 is 2.54 bits per heavy atom. The average Bonchev–Trinajstić information content (AvgIpc) is 2.78. The van der Waals surface area contributed by atoms with Crippen molar-refractivity contribution >= 4 is 29.0 Å². The van der Waals surface area contributed by atoms with Crippen molar-refractivity contribution < 1.29 is 14.7 Å². The van der Waals surface area contributed by atoms with Crippen LogP contribution in [0.25, 0.3) is 0 Å². The van der Waals surface area contributed by atoms with Gasteiger partial charge in [0.2, 0.25) is 0 Å². The Hall–Kier alpha value is -2.61. The third kappa shape index (κ3) is 2.58. The summed E-state index contributed by atoms with van der Waals surface area (Å²) < 4.78 is 0. The lowest BCUT2D eigenvalue weighted by molar-refractivity contribution is -0.135. The van der Waals surface area contributed by atoms with Gasteiger partial charge in [-0.25, -0.2) is 0 Å². The molecule has 1 aliphatic rings. The Morgan fingerprint density at radius 2 is 1.88 bits per heavy atom. The molecule has 0 spiro atoms. The van der Waals surface area contributed by atoms with E-state index in [-0.39, 0.29) is 18.7 Å². The molecule has 1 amide bonds. The highest BCUT2D eigenvalue weighted by Crippen LogP contribution is 2.42. The number of fused-ring (bicyclic) bond motifs is 1. The molecule has 4 nitrogen and oxygen atoms in total. The van der Waals surface area contributed by atoms with E-state index in [1.165, 1.54) is 4.90 Å². The predicted molar refractivity (Wildman–Crippen MR) is 91.9 cm³/mol. The third-order valence-electron chi connectivity index (χ3n) is 4.07. The number of carbonyl (C=O) groups excluding carboxylic acids is 2. The van der Waals surface area contributed by atoms with E-state index in [1.54, 1.807) is 48.5 Å². The monoisotopic (exact) mass is 339 g/mol. The van der Waals surface area contributed by atoms with Crippen LogP contribution in [0.1, 0.15) is 22.3 Å². The highest BCUT2D eigenvalue weighted by Gasteiger charge is 2.50. The number of rotatable bonds is 4. The molecule has 1 N–H and O–H groups in total. The summed E-state index contributed by atoms with van der Waals surface area (Å²) in [6.45, 7) is 0.0350. The lowest BCUT2D eigenvalue weighted by Crippen LogP contribution is -2.42. The smallest absolute Gasteiger partial charge is 0.265 e. The fourth-order valence-corrected chi connectivity index (χ4v) is 3.02. The number of carbonyl (C=O) groups is 2. The van der Waals surface area contributed by atoms with E-state index in [4.69, 9.17) is 18.0 Å². The van der Waals surface area contributed by atoms with E-state index in [9.17, 15) is 14.7 Å². The van der Waals surface area contributed by atoms with Crippen LogP contribution in [0.3, 0.4) is 0 Å². The molecule has 1 atom stereocenters. The van der Waals surface area contributed by atoms with Crippen LogP contribution in [0.5, 0.6) is 0 Å². The predicted octanol–water partition coefficient (Wildman–Crippen LogP) is 2.78. The second-order valence-corrected chi connectivity index (χ2v) is 6.02. The van der Waals surface area contributed by atoms with Crippen molar-refractivity contribution in [1.29, 1.82) is 0 Å². The second-order valence-electron chi connectivity index (χ2n) is 5.58. The first kappa shape index (κ1) is 16.3. The van der Waals surface area contributed by atoms with Crippen LogP contribution in [-0.4, -0.2) is 23.3 Å². The number of hydrogen-bond acceptors (Lipinski definition) is 3. The Kier molecular flexibility index (Phi) is 4.15. The summed E-state index contributed by atoms with van der Waals surface area (Å²) in [5.41, 5.74) is -0.600. The summed E-state index contributed by atoms with van der Waals surface area (Å²) in [6.07, 6.45) is 4.96. The van der Waals surface area contributed by atoms with Crippen LogP contribution < -0.4 is 4.90 Å².